The summed E-state index contributed by atoms with van der Waals surface area (Å²) in [5.41, 5.74) is 0.476. The highest BCUT2D eigenvalue weighted by Gasteiger charge is 2.36. The molecule has 4 rings (SSSR count). The van der Waals surface area contributed by atoms with Crippen LogP contribution in [0.5, 0.6) is 17.2 Å². The van der Waals surface area contributed by atoms with Crippen LogP contribution in [-0.4, -0.2) is 40.2 Å². The predicted molar refractivity (Wildman–Crippen MR) is 147 cm³/mol. The van der Waals surface area contributed by atoms with Crippen LogP contribution in [0.15, 0.2) is 71.6 Å². The highest BCUT2D eigenvalue weighted by atomic mass is 35.5. The van der Waals surface area contributed by atoms with Gasteiger partial charge in [-0.3, -0.25) is 9.10 Å². The molecule has 3 aromatic rings. The van der Waals surface area contributed by atoms with Gasteiger partial charge in [0, 0.05) is 17.0 Å². The molecule has 1 heterocycles. The summed E-state index contributed by atoms with van der Waals surface area (Å²) in [5, 5.41) is 3.43. The van der Waals surface area contributed by atoms with Crippen molar-refractivity contribution >= 4 is 33.2 Å². The van der Waals surface area contributed by atoms with Crippen molar-refractivity contribution < 1.29 is 27.4 Å². The number of anilines is 1. The minimum Gasteiger partial charge on any atom is -0.497 e. The maximum absolute atomic E-state index is 13.8. The molecule has 202 valence electrons. The first-order chi connectivity index (χ1) is 18.0. The molecule has 1 N–H and O–H groups in total. The van der Waals surface area contributed by atoms with Crippen LogP contribution in [0.4, 0.5) is 5.69 Å². The molecule has 1 aliphatic heterocycles. The molecule has 10 heteroatoms. The standard InChI is InChI=1S/C28H31ClN2O6S/c1-5-36-26-9-7-6-8-24(26)31(38(33,34)21-13-10-19(29)11-14-21)18-27(32)30-23-17-28(2,3)37-25-15-12-20(35-4)16-22(23)25/h6-16,23H,5,17-18H2,1-4H3,(H,30,32). The van der Waals surface area contributed by atoms with Gasteiger partial charge in [-0.1, -0.05) is 23.7 Å². The lowest BCUT2D eigenvalue weighted by atomic mass is 9.89. The Hall–Kier alpha value is -3.43. The van der Waals surface area contributed by atoms with Gasteiger partial charge in [-0.2, -0.15) is 0 Å². The number of benzene rings is 3. The van der Waals surface area contributed by atoms with Gasteiger partial charge in [-0.15, -0.1) is 0 Å². The second kappa shape index (κ2) is 11.1. The van der Waals surface area contributed by atoms with Crippen LogP contribution in [-0.2, 0) is 14.8 Å². The van der Waals surface area contributed by atoms with E-state index in [-0.39, 0.29) is 10.6 Å². The van der Waals surface area contributed by atoms with E-state index >= 15 is 0 Å². The van der Waals surface area contributed by atoms with Crippen molar-refractivity contribution in [3.8, 4) is 17.2 Å². The van der Waals surface area contributed by atoms with Crippen LogP contribution in [0.2, 0.25) is 5.02 Å². The van der Waals surface area contributed by atoms with E-state index in [4.69, 9.17) is 25.8 Å². The van der Waals surface area contributed by atoms with E-state index in [0.717, 1.165) is 9.87 Å². The fraction of sp³-hybridized carbons (Fsp3) is 0.321. The Labute approximate surface area is 228 Å². The van der Waals surface area contributed by atoms with E-state index in [2.05, 4.69) is 5.32 Å². The summed E-state index contributed by atoms with van der Waals surface area (Å²) in [7, 11) is -2.58. The van der Waals surface area contributed by atoms with E-state index in [1.807, 2.05) is 26.0 Å². The monoisotopic (exact) mass is 558 g/mol. The minimum absolute atomic E-state index is 0.00304. The normalized spacial score (nSPS) is 16.1. The molecule has 0 bridgehead atoms. The molecule has 1 unspecified atom stereocenters. The number of nitrogens with zero attached hydrogens (tertiary/aromatic N) is 1. The van der Waals surface area contributed by atoms with E-state index in [9.17, 15) is 13.2 Å². The van der Waals surface area contributed by atoms with Crippen molar-refractivity contribution in [2.75, 3.05) is 24.6 Å². The molecule has 0 saturated carbocycles. The number of methoxy groups -OCH3 is 1. The first-order valence-corrected chi connectivity index (χ1v) is 14.0. The van der Waals surface area contributed by atoms with Crippen molar-refractivity contribution in [1.29, 1.82) is 0 Å². The third-order valence-corrected chi connectivity index (χ3v) is 8.16. The largest absolute Gasteiger partial charge is 0.497 e. The molecule has 1 amide bonds. The third kappa shape index (κ3) is 6.00. The second-order valence-electron chi connectivity index (χ2n) is 9.46. The molecule has 0 aromatic heterocycles. The van der Waals surface area contributed by atoms with Gasteiger partial charge in [0.1, 0.15) is 29.4 Å². The summed E-state index contributed by atoms with van der Waals surface area (Å²) in [6.07, 6.45) is 0.484. The number of ether oxygens (including phenoxy) is 3. The fourth-order valence-electron chi connectivity index (χ4n) is 4.43. The van der Waals surface area contributed by atoms with Crippen molar-refractivity contribution in [2.45, 2.75) is 43.7 Å². The van der Waals surface area contributed by atoms with Crippen molar-refractivity contribution in [1.82, 2.24) is 5.32 Å². The Balaban J connectivity index is 1.70. The number of para-hydroxylation sites is 2. The zero-order valence-electron chi connectivity index (χ0n) is 21.7. The van der Waals surface area contributed by atoms with Crippen molar-refractivity contribution in [3.05, 3.63) is 77.3 Å². The van der Waals surface area contributed by atoms with Gasteiger partial charge in [-0.25, -0.2) is 8.42 Å². The number of carbonyl (C=O) groups excluding carboxylic acids is 1. The molecule has 0 aliphatic carbocycles. The second-order valence-corrected chi connectivity index (χ2v) is 11.8. The minimum atomic E-state index is -4.15. The lowest BCUT2D eigenvalue weighted by molar-refractivity contribution is -0.120. The lowest BCUT2D eigenvalue weighted by Crippen LogP contribution is -2.45. The Morgan fingerprint density at radius 3 is 2.53 bits per heavy atom. The molecule has 0 spiro atoms. The summed E-state index contributed by atoms with van der Waals surface area (Å²) in [5.74, 6) is 1.14. The number of sulfonamides is 1. The number of fused-ring (bicyclic) bond motifs is 1. The summed E-state index contributed by atoms with van der Waals surface area (Å²) in [4.78, 5) is 13.5. The molecular formula is C28H31ClN2O6S. The van der Waals surface area contributed by atoms with Crippen LogP contribution < -0.4 is 23.8 Å². The summed E-state index contributed by atoms with van der Waals surface area (Å²) >= 11 is 5.99. The zero-order valence-corrected chi connectivity index (χ0v) is 23.3. The van der Waals surface area contributed by atoms with Gasteiger partial charge < -0.3 is 19.5 Å². The van der Waals surface area contributed by atoms with E-state index in [1.165, 1.54) is 24.3 Å². The first kappa shape index (κ1) is 27.6. The fourth-order valence-corrected chi connectivity index (χ4v) is 5.99. The average Bonchev–Trinajstić information content (AvgIpc) is 2.87. The highest BCUT2D eigenvalue weighted by molar-refractivity contribution is 7.92. The van der Waals surface area contributed by atoms with Gasteiger partial charge in [0.2, 0.25) is 5.91 Å². The maximum Gasteiger partial charge on any atom is 0.264 e. The van der Waals surface area contributed by atoms with Crippen LogP contribution in [0.25, 0.3) is 0 Å². The van der Waals surface area contributed by atoms with Gasteiger partial charge >= 0.3 is 0 Å². The number of halogens is 1. The van der Waals surface area contributed by atoms with Crippen molar-refractivity contribution in [3.63, 3.8) is 0 Å². The SMILES string of the molecule is CCOc1ccccc1N(CC(=O)NC1CC(C)(C)Oc2ccc(OC)cc21)S(=O)(=O)c1ccc(Cl)cc1. The van der Waals surface area contributed by atoms with Crippen LogP contribution in [0, 0.1) is 0 Å². The lowest BCUT2D eigenvalue weighted by Gasteiger charge is -2.38. The molecule has 0 radical (unpaired) electrons. The topological polar surface area (TPSA) is 94.2 Å². The Kier molecular flexibility index (Phi) is 8.08. The number of hydrogen-bond donors (Lipinski definition) is 1. The van der Waals surface area contributed by atoms with Crippen LogP contribution in [0.1, 0.15) is 38.8 Å². The van der Waals surface area contributed by atoms with Gasteiger partial charge in [0.05, 0.1) is 30.3 Å². The van der Waals surface area contributed by atoms with E-state index in [0.29, 0.717) is 35.3 Å². The molecule has 1 aliphatic rings. The smallest absolute Gasteiger partial charge is 0.264 e. The predicted octanol–water partition coefficient (Wildman–Crippen LogP) is 5.36. The van der Waals surface area contributed by atoms with Crippen molar-refractivity contribution in [2.24, 2.45) is 0 Å². The zero-order chi connectivity index (χ0) is 27.5. The first-order valence-electron chi connectivity index (χ1n) is 12.2. The van der Waals surface area contributed by atoms with E-state index in [1.54, 1.807) is 44.4 Å². The number of hydrogen-bond acceptors (Lipinski definition) is 6. The molecule has 0 saturated heterocycles. The Morgan fingerprint density at radius 1 is 1.13 bits per heavy atom. The number of rotatable bonds is 9. The summed E-state index contributed by atoms with van der Waals surface area (Å²) in [6, 6.07) is 17.6. The highest BCUT2D eigenvalue weighted by Crippen LogP contribution is 2.41. The van der Waals surface area contributed by atoms with Gasteiger partial charge in [-0.05, 0) is 75.4 Å². The molecule has 1 atom stereocenters. The van der Waals surface area contributed by atoms with Crippen LogP contribution in [0.3, 0.4) is 0 Å². The van der Waals surface area contributed by atoms with Gasteiger partial charge in [0.25, 0.3) is 10.0 Å². The molecule has 38 heavy (non-hydrogen) atoms. The summed E-state index contributed by atoms with van der Waals surface area (Å²) in [6.45, 7) is 5.55. The summed E-state index contributed by atoms with van der Waals surface area (Å²) < 4.78 is 45.9. The Bertz CT molecular complexity index is 1410. The Morgan fingerprint density at radius 2 is 1.84 bits per heavy atom. The number of carbonyl (C=O) groups is 1. The number of nitrogens with one attached hydrogen (secondary N) is 1. The third-order valence-electron chi connectivity index (χ3n) is 6.13. The number of amides is 1. The van der Waals surface area contributed by atoms with Crippen LogP contribution >= 0.6 is 11.6 Å². The molecule has 0 fully saturated rings. The van der Waals surface area contributed by atoms with E-state index < -0.39 is 34.1 Å². The maximum atomic E-state index is 13.8. The quantitative estimate of drug-likeness (QED) is 0.380. The molecular weight excluding hydrogens is 528 g/mol. The van der Waals surface area contributed by atoms with Gasteiger partial charge in [0.15, 0.2) is 0 Å². The molecule has 3 aromatic carbocycles. The molecule has 8 nitrogen and oxygen atoms in total. The average molecular weight is 559 g/mol.